The van der Waals surface area contributed by atoms with Gasteiger partial charge in [0.25, 0.3) is 5.79 Å². The van der Waals surface area contributed by atoms with Gasteiger partial charge in [0.15, 0.2) is 0 Å². The van der Waals surface area contributed by atoms with Crippen LogP contribution in [0.2, 0.25) is 0 Å². The molecular formula is C25H20O6. The third-order valence-corrected chi connectivity index (χ3v) is 6.38. The summed E-state index contributed by atoms with van der Waals surface area (Å²) in [5.74, 6) is -0.137. The van der Waals surface area contributed by atoms with Gasteiger partial charge in [0.1, 0.15) is 22.7 Å². The van der Waals surface area contributed by atoms with Crippen LogP contribution in [0.4, 0.5) is 0 Å². The molecule has 0 fully saturated rings. The number of hydrogen-bond acceptors (Lipinski definition) is 6. The predicted octanol–water partition coefficient (Wildman–Crippen LogP) is 4.58. The van der Waals surface area contributed by atoms with E-state index in [1.54, 1.807) is 12.1 Å². The lowest BCUT2D eigenvalue weighted by Gasteiger charge is -2.47. The van der Waals surface area contributed by atoms with Gasteiger partial charge in [-0.1, -0.05) is 31.2 Å². The standard InChI is InChI=1S/C25H20O6/c1-2-11-25-14(12-17-21(30-25)15-7-3-5-9-19(15)28-23(17)26)13-18-22(31-25)16-8-4-6-10-20(16)29-24(18)27/h3-10,14H,2,11-13H2,1H3. The van der Waals surface area contributed by atoms with Crippen LogP contribution in [0.25, 0.3) is 21.9 Å². The van der Waals surface area contributed by atoms with E-state index in [0.29, 0.717) is 53.1 Å². The molecule has 0 unspecified atom stereocenters. The second kappa shape index (κ2) is 6.48. The van der Waals surface area contributed by atoms with E-state index in [4.69, 9.17) is 18.3 Å². The number of hydrogen-bond donors (Lipinski definition) is 0. The van der Waals surface area contributed by atoms with Gasteiger partial charge >= 0.3 is 11.3 Å². The predicted molar refractivity (Wildman–Crippen MR) is 115 cm³/mol. The number of fused-ring (bicyclic) bond motifs is 7. The molecule has 0 atom stereocenters. The van der Waals surface area contributed by atoms with Crippen molar-refractivity contribution in [2.24, 2.45) is 5.92 Å². The van der Waals surface area contributed by atoms with Gasteiger partial charge in [-0.05, 0) is 43.5 Å². The smallest absolute Gasteiger partial charge is 0.343 e. The number of benzene rings is 2. The van der Waals surface area contributed by atoms with E-state index in [0.717, 1.165) is 17.2 Å². The molecule has 0 saturated heterocycles. The van der Waals surface area contributed by atoms with Crippen LogP contribution < -0.4 is 20.7 Å². The Balaban J connectivity index is 1.59. The zero-order valence-electron chi connectivity index (χ0n) is 17.0. The van der Waals surface area contributed by atoms with Gasteiger partial charge in [-0.2, -0.15) is 0 Å². The van der Waals surface area contributed by atoms with Gasteiger partial charge in [-0.25, -0.2) is 9.59 Å². The Morgan fingerprint density at radius 1 is 0.806 bits per heavy atom. The SMILES string of the molecule is CCCC12Oc3c(c(=O)oc4ccccc34)CC1Cc1c(c3ccccc3oc1=O)O2. The van der Waals surface area contributed by atoms with Crippen LogP contribution in [0.5, 0.6) is 11.5 Å². The van der Waals surface area contributed by atoms with Crippen molar-refractivity contribution in [3.05, 3.63) is 80.5 Å². The highest BCUT2D eigenvalue weighted by molar-refractivity contribution is 5.86. The van der Waals surface area contributed by atoms with Crippen molar-refractivity contribution in [2.45, 2.75) is 38.4 Å². The van der Waals surface area contributed by atoms with Crippen molar-refractivity contribution in [1.82, 2.24) is 0 Å². The molecule has 0 saturated carbocycles. The van der Waals surface area contributed by atoms with Gasteiger partial charge in [-0.15, -0.1) is 0 Å². The summed E-state index contributed by atoms with van der Waals surface area (Å²) in [6, 6.07) is 14.7. The monoisotopic (exact) mass is 416 g/mol. The molecule has 0 amide bonds. The van der Waals surface area contributed by atoms with E-state index in [1.807, 2.05) is 36.4 Å². The fourth-order valence-corrected chi connectivity index (χ4v) is 4.97. The Hall–Kier alpha value is -3.54. The largest absolute Gasteiger partial charge is 0.451 e. The van der Waals surface area contributed by atoms with Gasteiger partial charge in [0, 0.05) is 12.3 Å². The van der Waals surface area contributed by atoms with Gasteiger partial charge < -0.3 is 18.3 Å². The molecule has 0 spiro atoms. The normalized spacial score (nSPS) is 21.6. The van der Waals surface area contributed by atoms with Crippen LogP contribution in [-0.4, -0.2) is 5.79 Å². The summed E-state index contributed by atoms with van der Waals surface area (Å²) in [5, 5.41) is 1.50. The molecule has 0 bridgehead atoms. The molecule has 2 aromatic heterocycles. The molecule has 4 aromatic rings. The highest BCUT2D eigenvalue weighted by Gasteiger charge is 2.52. The first-order valence-electron chi connectivity index (χ1n) is 10.6. The number of rotatable bonds is 2. The minimum absolute atomic E-state index is 0.208. The zero-order chi connectivity index (χ0) is 21.2. The molecule has 4 heterocycles. The summed E-state index contributed by atoms with van der Waals surface area (Å²) in [6.45, 7) is 2.07. The molecule has 6 nitrogen and oxygen atoms in total. The Labute approximate surface area is 177 Å². The van der Waals surface area contributed by atoms with Crippen molar-refractivity contribution >= 4 is 21.9 Å². The fraction of sp³-hybridized carbons (Fsp3) is 0.280. The topological polar surface area (TPSA) is 78.9 Å². The van der Waals surface area contributed by atoms with Crippen LogP contribution >= 0.6 is 0 Å². The third kappa shape index (κ3) is 2.57. The van der Waals surface area contributed by atoms with Crippen LogP contribution in [-0.2, 0) is 12.8 Å². The molecule has 2 aliphatic rings. The fourth-order valence-electron chi connectivity index (χ4n) is 4.97. The Morgan fingerprint density at radius 2 is 1.29 bits per heavy atom. The van der Waals surface area contributed by atoms with Crippen LogP contribution in [0.1, 0.15) is 30.9 Å². The minimum Gasteiger partial charge on any atom is -0.451 e. The lowest BCUT2D eigenvalue weighted by Crippen LogP contribution is -2.56. The molecule has 156 valence electrons. The summed E-state index contributed by atoms with van der Waals surface area (Å²) in [7, 11) is 0. The molecule has 2 aliphatic heterocycles. The highest BCUT2D eigenvalue weighted by atomic mass is 16.7. The summed E-state index contributed by atoms with van der Waals surface area (Å²) in [4.78, 5) is 25.5. The molecule has 31 heavy (non-hydrogen) atoms. The molecule has 0 aliphatic carbocycles. The first kappa shape index (κ1) is 18.2. The maximum Gasteiger partial charge on any atom is 0.343 e. The summed E-state index contributed by atoms with van der Waals surface area (Å²) in [5.41, 5.74) is 1.14. The highest BCUT2D eigenvalue weighted by Crippen LogP contribution is 2.48. The first-order chi connectivity index (χ1) is 15.1. The molecule has 0 radical (unpaired) electrons. The van der Waals surface area contributed by atoms with Crippen LogP contribution in [0.15, 0.2) is 67.0 Å². The van der Waals surface area contributed by atoms with Gasteiger partial charge in [-0.3, -0.25) is 0 Å². The first-order valence-corrected chi connectivity index (χ1v) is 10.6. The van der Waals surface area contributed by atoms with E-state index in [1.165, 1.54) is 0 Å². The Kier molecular flexibility index (Phi) is 3.81. The van der Waals surface area contributed by atoms with E-state index in [2.05, 4.69) is 6.92 Å². The van der Waals surface area contributed by atoms with Crippen molar-refractivity contribution in [3.63, 3.8) is 0 Å². The molecule has 6 rings (SSSR count). The summed E-state index contributed by atoms with van der Waals surface area (Å²) >= 11 is 0. The summed E-state index contributed by atoms with van der Waals surface area (Å²) in [6.07, 6.45) is 2.27. The van der Waals surface area contributed by atoms with E-state index >= 15 is 0 Å². The average Bonchev–Trinajstić information content (AvgIpc) is 2.77. The molecular weight excluding hydrogens is 396 g/mol. The summed E-state index contributed by atoms with van der Waals surface area (Å²) < 4.78 is 24.2. The zero-order valence-corrected chi connectivity index (χ0v) is 17.0. The average molecular weight is 416 g/mol. The quantitative estimate of drug-likeness (QED) is 0.445. The van der Waals surface area contributed by atoms with Gasteiger partial charge in [0.05, 0.1) is 21.9 Å². The van der Waals surface area contributed by atoms with Crippen molar-refractivity contribution in [1.29, 1.82) is 0 Å². The van der Waals surface area contributed by atoms with E-state index in [9.17, 15) is 9.59 Å². The van der Waals surface area contributed by atoms with Crippen molar-refractivity contribution in [3.8, 4) is 11.5 Å². The lowest BCUT2D eigenvalue weighted by atomic mass is 9.79. The van der Waals surface area contributed by atoms with E-state index in [-0.39, 0.29) is 5.92 Å². The second-order valence-corrected chi connectivity index (χ2v) is 8.26. The Morgan fingerprint density at radius 3 is 1.77 bits per heavy atom. The third-order valence-electron chi connectivity index (χ3n) is 6.38. The van der Waals surface area contributed by atoms with E-state index < -0.39 is 17.0 Å². The lowest BCUT2D eigenvalue weighted by molar-refractivity contribution is -0.178. The van der Waals surface area contributed by atoms with Crippen molar-refractivity contribution < 1.29 is 18.3 Å². The number of para-hydroxylation sites is 2. The molecule has 0 N–H and O–H groups in total. The Bertz CT molecular complexity index is 1360. The van der Waals surface area contributed by atoms with Crippen LogP contribution in [0.3, 0.4) is 0 Å². The molecule has 2 aromatic carbocycles. The number of ether oxygens (including phenoxy) is 2. The maximum atomic E-state index is 12.7. The maximum absolute atomic E-state index is 12.7. The minimum atomic E-state index is -0.970. The second-order valence-electron chi connectivity index (χ2n) is 8.26. The van der Waals surface area contributed by atoms with Crippen LogP contribution in [0, 0.1) is 5.92 Å². The molecule has 6 heteroatoms. The van der Waals surface area contributed by atoms with Crippen molar-refractivity contribution in [2.75, 3.05) is 0 Å². The van der Waals surface area contributed by atoms with Gasteiger partial charge in [0.2, 0.25) is 0 Å².